The first-order chi connectivity index (χ1) is 12.8. The van der Waals surface area contributed by atoms with Crippen molar-refractivity contribution in [1.29, 1.82) is 0 Å². The molecule has 2 fully saturated rings. The number of piperidine rings is 2. The molecule has 1 aromatic heterocycles. The van der Waals surface area contributed by atoms with E-state index in [0.717, 1.165) is 63.9 Å². The average molecular weight is 490 g/mol. The van der Waals surface area contributed by atoms with Crippen molar-refractivity contribution in [2.24, 2.45) is 4.99 Å². The summed E-state index contributed by atoms with van der Waals surface area (Å²) in [6.45, 7) is 7.99. The first kappa shape index (κ1) is 22.5. The molecule has 3 rings (SSSR count). The molecule has 2 aliphatic heterocycles. The van der Waals surface area contributed by atoms with Crippen molar-refractivity contribution < 1.29 is 9.15 Å². The Morgan fingerprint density at radius 3 is 2.59 bits per heavy atom. The molecule has 154 valence electrons. The number of halogens is 1. The van der Waals surface area contributed by atoms with Crippen LogP contribution in [-0.2, 0) is 4.74 Å². The summed E-state index contributed by atoms with van der Waals surface area (Å²) in [7, 11) is 1.87. The molecule has 2 aliphatic rings. The van der Waals surface area contributed by atoms with Crippen LogP contribution < -0.4 is 5.32 Å². The molecule has 0 saturated carbocycles. The SMILES string of the molecule is CCOC1CCN(C(=NC)NCC(c2ccco2)N2CCCCC2)CC1.I. The van der Waals surface area contributed by atoms with E-state index in [-0.39, 0.29) is 30.0 Å². The molecule has 0 bridgehead atoms. The lowest BCUT2D eigenvalue weighted by Gasteiger charge is -2.36. The van der Waals surface area contributed by atoms with E-state index in [1.54, 1.807) is 6.26 Å². The topological polar surface area (TPSA) is 53.2 Å². The van der Waals surface area contributed by atoms with E-state index in [1.165, 1.54) is 19.3 Å². The largest absolute Gasteiger partial charge is 0.468 e. The van der Waals surface area contributed by atoms with Crippen LogP contribution in [0.1, 0.15) is 50.8 Å². The van der Waals surface area contributed by atoms with Crippen LogP contribution in [0.15, 0.2) is 27.8 Å². The van der Waals surface area contributed by atoms with Gasteiger partial charge in [0.05, 0.1) is 18.4 Å². The van der Waals surface area contributed by atoms with Gasteiger partial charge in [-0.3, -0.25) is 9.89 Å². The molecule has 1 N–H and O–H groups in total. The van der Waals surface area contributed by atoms with E-state index in [2.05, 4.69) is 33.1 Å². The second kappa shape index (κ2) is 11.9. The number of ether oxygens (including phenoxy) is 1. The molecule has 0 amide bonds. The van der Waals surface area contributed by atoms with Crippen LogP contribution in [0.4, 0.5) is 0 Å². The van der Waals surface area contributed by atoms with Gasteiger partial charge in [0.25, 0.3) is 0 Å². The van der Waals surface area contributed by atoms with Gasteiger partial charge in [-0.1, -0.05) is 6.42 Å². The van der Waals surface area contributed by atoms with E-state index >= 15 is 0 Å². The Morgan fingerprint density at radius 2 is 2.00 bits per heavy atom. The second-order valence-electron chi connectivity index (χ2n) is 7.20. The fourth-order valence-corrected chi connectivity index (χ4v) is 4.11. The lowest BCUT2D eigenvalue weighted by atomic mass is 10.1. The first-order valence-electron chi connectivity index (χ1n) is 10.2. The number of likely N-dealkylation sites (tertiary alicyclic amines) is 2. The predicted octanol–water partition coefficient (Wildman–Crippen LogP) is 3.50. The van der Waals surface area contributed by atoms with Gasteiger partial charge in [0, 0.05) is 33.3 Å². The number of nitrogens with one attached hydrogen (secondary N) is 1. The highest BCUT2D eigenvalue weighted by Crippen LogP contribution is 2.24. The van der Waals surface area contributed by atoms with Gasteiger partial charge < -0.3 is 19.4 Å². The van der Waals surface area contributed by atoms with Crippen LogP contribution in [0.25, 0.3) is 0 Å². The van der Waals surface area contributed by atoms with E-state index in [4.69, 9.17) is 9.15 Å². The lowest BCUT2D eigenvalue weighted by molar-refractivity contribution is 0.0262. The number of nitrogens with zero attached hydrogens (tertiary/aromatic N) is 3. The van der Waals surface area contributed by atoms with Crippen molar-refractivity contribution in [2.75, 3.05) is 46.4 Å². The summed E-state index contributed by atoms with van der Waals surface area (Å²) in [4.78, 5) is 9.42. The van der Waals surface area contributed by atoms with Crippen molar-refractivity contribution in [3.63, 3.8) is 0 Å². The summed E-state index contributed by atoms with van der Waals surface area (Å²) < 4.78 is 11.5. The third-order valence-corrected chi connectivity index (χ3v) is 5.51. The van der Waals surface area contributed by atoms with Crippen molar-refractivity contribution >= 4 is 29.9 Å². The first-order valence-corrected chi connectivity index (χ1v) is 10.2. The number of rotatable bonds is 6. The Morgan fingerprint density at radius 1 is 1.26 bits per heavy atom. The van der Waals surface area contributed by atoms with Gasteiger partial charge in [-0.15, -0.1) is 24.0 Å². The molecule has 6 nitrogen and oxygen atoms in total. The zero-order valence-corrected chi connectivity index (χ0v) is 19.1. The molecule has 0 aliphatic carbocycles. The van der Waals surface area contributed by atoms with Gasteiger partial charge in [-0.25, -0.2) is 0 Å². The predicted molar refractivity (Wildman–Crippen MR) is 120 cm³/mol. The fourth-order valence-electron chi connectivity index (χ4n) is 4.11. The molecule has 1 unspecified atom stereocenters. The molecule has 7 heteroatoms. The van der Waals surface area contributed by atoms with Crippen molar-refractivity contribution in [3.8, 4) is 0 Å². The van der Waals surface area contributed by atoms with Crippen LogP contribution in [0.3, 0.4) is 0 Å². The van der Waals surface area contributed by atoms with Gasteiger partial charge in [0.15, 0.2) is 5.96 Å². The van der Waals surface area contributed by atoms with E-state index in [9.17, 15) is 0 Å². The van der Waals surface area contributed by atoms with Gasteiger partial charge in [-0.2, -0.15) is 0 Å². The smallest absolute Gasteiger partial charge is 0.193 e. The minimum Gasteiger partial charge on any atom is -0.468 e. The molecular weight excluding hydrogens is 455 g/mol. The average Bonchev–Trinajstić information content (AvgIpc) is 3.22. The van der Waals surface area contributed by atoms with Crippen LogP contribution in [0.2, 0.25) is 0 Å². The summed E-state index contributed by atoms with van der Waals surface area (Å²) in [5, 5.41) is 3.61. The van der Waals surface area contributed by atoms with Crippen LogP contribution in [0, 0.1) is 0 Å². The fraction of sp³-hybridized carbons (Fsp3) is 0.750. The quantitative estimate of drug-likeness (QED) is 0.376. The number of hydrogen-bond donors (Lipinski definition) is 1. The zero-order chi connectivity index (χ0) is 18.2. The standard InChI is InChI=1S/C20H34N4O2.HI/c1-3-25-17-9-13-24(14-10-17)20(21-2)22-16-18(19-8-7-15-26-19)23-11-5-4-6-12-23;/h7-8,15,17-18H,3-6,9-14,16H2,1-2H3,(H,21,22);1H. The second-order valence-corrected chi connectivity index (χ2v) is 7.20. The highest BCUT2D eigenvalue weighted by molar-refractivity contribution is 14.0. The molecule has 2 saturated heterocycles. The third-order valence-electron chi connectivity index (χ3n) is 5.51. The molecule has 1 aromatic rings. The van der Waals surface area contributed by atoms with Gasteiger partial charge in [0.1, 0.15) is 5.76 Å². The Bertz CT molecular complexity index is 538. The Hall–Kier alpha value is -0.800. The summed E-state index contributed by atoms with van der Waals surface area (Å²) in [6, 6.07) is 4.35. The van der Waals surface area contributed by atoms with Crippen LogP contribution in [0.5, 0.6) is 0 Å². The third kappa shape index (κ3) is 6.35. The normalized spacial score (nSPS) is 21.0. The minimum atomic E-state index is 0. The molecule has 27 heavy (non-hydrogen) atoms. The number of furan rings is 1. The highest BCUT2D eigenvalue weighted by Gasteiger charge is 2.26. The highest BCUT2D eigenvalue weighted by atomic mass is 127. The molecule has 1 atom stereocenters. The number of aliphatic imine (C=N–C) groups is 1. The number of hydrogen-bond acceptors (Lipinski definition) is 4. The Labute approximate surface area is 180 Å². The maximum Gasteiger partial charge on any atom is 0.193 e. The van der Waals surface area contributed by atoms with E-state index < -0.39 is 0 Å². The van der Waals surface area contributed by atoms with Crippen molar-refractivity contribution in [3.05, 3.63) is 24.2 Å². The molecule has 0 radical (unpaired) electrons. The van der Waals surface area contributed by atoms with Gasteiger partial charge >= 0.3 is 0 Å². The lowest BCUT2D eigenvalue weighted by Crippen LogP contribution is -2.49. The van der Waals surface area contributed by atoms with Crippen LogP contribution >= 0.6 is 24.0 Å². The molecule has 3 heterocycles. The summed E-state index contributed by atoms with van der Waals surface area (Å²) >= 11 is 0. The maximum atomic E-state index is 5.76. The Balaban J connectivity index is 0.00000261. The molecular formula is C20H35IN4O2. The minimum absolute atomic E-state index is 0. The summed E-state index contributed by atoms with van der Waals surface area (Å²) in [5.74, 6) is 2.04. The molecule has 0 spiro atoms. The summed E-state index contributed by atoms with van der Waals surface area (Å²) in [6.07, 6.45) is 8.21. The van der Waals surface area contributed by atoms with Crippen LogP contribution in [-0.4, -0.2) is 68.2 Å². The number of guanidine groups is 1. The maximum absolute atomic E-state index is 5.76. The summed E-state index contributed by atoms with van der Waals surface area (Å²) in [5.41, 5.74) is 0. The van der Waals surface area contributed by atoms with E-state index in [0.29, 0.717) is 6.10 Å². The zero-order valence-electron chi connectivity index (χ0n) is 16.7. The molecule has 0 aromatic carbocycles. The van der Waals surface area contributed by atoms with Crippen molar-refractivity contribution in [1.82, 2.24) is 15.1 Å². The Kier molecular flexibility index (Phi) is 9.92. The van der Waals surface area contributed by atoms with E-state index in [1.807, 2.05) is 13.1 Å². The van der Waals surface area contributed by atoms with Gasteiger partial charge in [-0.05, 0) is 57.8 Å². The van der Waals surface area contributed by atoms with Crippen molar-refractivity contribution in [2.45, 2.75) is 51.2 Å². The monoisotopic (exact) mass is 490 g/mol. The van der Waals surface area contributed by atoms with Gasteiger partial charge in [0.2, 0.25) is 0 Å².